The molecule has 0 saturated carbocycles. The molecular formula is C39H43N5O10. The lowest BCUT2D eigenvalue weighted by atomic mass is 9.91. The van der Waals surface area contributed by atoms with Crippen LogP contribution in [0.2, 0.25) is 0 Å². The molecule has 1 aliphatic heterocycles. The van der Waals surface area contributed by atoms with Crippen molar-refractivity contribution in [1.82, 2.24) is 19.9 Å². The van der Waals surface area contributed by atoms with Gasteiger partial charge in [-0.2, -0.15) is 5.26 Å². The van der Waals surface area contributed by atoms with E-state index in [0.717, 1.165) is 60.5 Å². The first-order chi connectivity index (χ1) is 25.8. The molecule has 1 saturated heterocycles. The summed E-state index contributed by atoms with van der Waals surface area (Å²) in [5.74, 6) is -3.56. The maximum absolute atomic E-state index is 9.55. The van der Waals surface area contributed by atoms with Crippen molar-refractivity contribution in [3.05, 3.63) is 113 Å². The number of hydrogen-bond donors (Lipinski definition) is 4. The van der Waals surface area contributed by atoms with Crippen LogP contribution in [0.5, 0.6) is 5.75 Å². The number of aromatic nitrogens is 2. The van der Waals surface area contributed by atoms with Crippen molar-refractivity contribution >= 4 is 34.8 Å². The van der Waals surface area contributed by atoms with E-state index < -0.39 is 23.9 Å². The Labute approximate surface area is 312 Å². The topological polar surface area (TPSA) is 228 Å². The van der Waals surface area contributed by atoms with Gasteiger partial charge >= 0.3 is 23.9 Å². The summed E-state index contributed by atoms with van der Waals surface area (Å²) in [7, 11) is 4.06. The van der Waals surface area contributed by atoms with Crippen LogP contribution in [-0.2, 0) is 45.3 Å². The lowest BCUT2D eigenvalue weighted by Crippen LogP contribution is -2.33. The van der Waals surface area contributed by atoms with Crippen molar-refractivity contribution in [2.75, 3.05) is 27.2 Å². The largest absolute Gasteiger partial charge is 0.487 e. The van der Waals surface area contributed by atoms with Gasteiger partial charge in [0, 0.05) is 42.8 Å². The molecule has 15 nitrogen and oxygen atoms in total. The van der Waals surface area contributed by atoms with Gasteiger partial charge in [0.25, 0.3) is 0 Å². The van der Waals surface area contributed by atoms with Gasteiger partial charge in [-0.25, -0.2) is 24.2 Å². The number of hydrogen-bond acceptors (Lipinski definition) is 11. The van der Waals surface area contributed by atoms with Gasteiger partial charge in [0.05, 0.1) is 17.0 Å². The van der Waals surface area contributed by atoms with Crippen LogP contribution in [0, 0.1) is 17.2 Å². The van der Waals surface area contributed by atoms with E-state index >= 15 is 0 Å². The smallest absolute Gasteiger partial charge is 0.328 e. The molecule has 15 heteroatoms. The second-order valence-electron chi connectivity index (χ2n) is 12.5. The highest BCUT2D eigenvalue weighted by molar-refractivity contribution is 5.90. The second kappa shape index (κ2) is 21.9. The third-order valence-corrected chi connectivity index (χ3v) is 8.03. The highest BCUT2D eigenvalue weighted by Gasteiger charge is 2.22. The molecule has 1 fully saturated rings. The summed E-state index contributed by atoms with van der Waals surface area (Å²) in [6.45, 7) is 4.30. The number of carbonyl (C=O) groups is 4. The monoisotopic (exact) mass is 741 g/mol. The van der Waals surface area contributed by atoms with Gasteiger partial charge in [0.1, 0.15) is 24.1 Å². The molecule has 4 N–H and O–H groups in total. The van der Waals surface area contributed by atoms with Crippen molar-refractivity contribution < 1.29 is 48.9 Å². The van der Waals surface area contributed by atoms with Gasteiger partial charge in [-0.15, -0.1) is 0 Å². The summed E-state index contributed by atoms with van der Waals surface area (Å²) in [5, 5.41) is 45.9. The predicted octanol–water partition coefficient (Wildman–Crippen LogP) is 5.00. The number of aryl methyl sites for hydroxylation is 1. The molecule has 0 spiro atoms. The first-order valence-electron chi connectivity index (χ1n) is 16.9. The Hall–Kier alpha value is -6.37. The molecule has 0 radical (unpaired) electrons. The maximum Gasteiger partial charge on any atom is 0.328 e. The van der Waals surface area contributed by atoms with Crippen LogP contribution in [0.15, 0.2) is 89.5 Å². The molecule has 3 heterocycles. The third-order valence-electron chi connectivity index (χ3n) is 8.03. The summed E-state index contributed by atoms with van der Waals surface area (Å²) >= 11 is 0. The Balaban J connectivity index is 0.000000410. The number of nitriles is 1. The summed E-state index contributed by atoms with van der Waals surface area (Å²) in [6, 6.07) is 22.3. The number of carboxylic acid groups (broad SMARTS) is 4. The van der Waals surface area contributed by atoms with Gasteiger partial charge in [-0.1, -0.05) is 41.6 Å². The van der Waals surface area contributed by atoms with Crippen molar-refractivity contribution in [2.24, 2.45) is 5.92 Å². The van der Waals surface area contributed by atoms with Crippen molar-refractivity contribution in [3.8, 4) is 11.8 Å². The fraction of sp³-hybridized carbons (Fsp3) is 0.308. The van der Waals surface area contributed by atoms with E-state index in [0.29, 0.717) is 48.2 Å². The zero-order chi connectivity index (χ0) is 39.5. The minimum atomic E-state index is -1.26. The first kappa shape index (κ1) is 42.0. The fourth-order valence-corrected chi connectivity index (χ4v) is 5.55. The van der Waals surface area contributed by atoms with Crippen molar-refractivity contribution in [1.29, 1.82) is 5.26 Å². The minimum absolute atomic E-state index is 0.283. The van der Waals surface area contributed by atoms with Gasteiger partial charge in [0.15, 0.2) is 5.58 Å². The van der Waals surface area contributed by atoms with E-state index in [1.807, 2.05) is 32.3 Å². The lowest BCUT2D eigenvalue weighted by Gasteiger charge is -2.31. The molecule has 0 aliphatic carbocycles. The van der Waals surface area contributed by atoms with E-state index in [2.05, 4.69) is 62.4 Å². The van der Waals surface area contributed by atoms with Gasteiger partial charge < -0.3 is 34.6 Å². The Morgan fingerprint density at radius 3 is 2.06 bits per heavy atom. The number of rotatable bonds is 14. The number of piperidine rings is 1. The van der Waals surface area contributed by atoms with Crippen molar-refractivity contribution in [2.45, 2.75) is 45.4 Å². The number of likely N-dealkylation sites (tertiary alicyclic amines) is 1. The number of nitrogens with zero attached hydrogens (tertiary/aromatic N) is 5. The van der Waals surface area contributed by atoms with Crippen LogP contribution in [-0.4, -0.2) is 91.4 Å². The number of pyridine rings is 1. The standard InChI is InChI=1S/C31H35N5O2.2C4H4O4/c1-35(2)21-28-30(37-22-26-10-6-9-25(19-32)33-26)14-12-27-29(34-38-31(27)28)13-11-23-15-17-36(18-16-23)20-24-7-4-3-5-8-24;2*5-3(6)1-2-4(7)8/h3-10,12,14,23H,11,13,15-18,20-22H2,1-2H3;2*1-2H,(H,5,6)(H,7,8). The molecule has 0 bridgehead atoms. The maximum atomic E-state index is 9.55. The summed E-state index contributed by atoms with van der Waals surface area (Å²) in [4.78, 5) is 47.2. The molecule has 0 amide bonds. The zero-order valence-corrected chi connectivity index (χ0v) is 30.0. The van der Waals surface area contributed by atoms with Crippen LogP contribution < -0.4 is 4.74 Å². The minimum Gasteiger partial charge on any atom is -0.487 e. The van der Waals surface area contributed by atoms with Gasteiger partial charge in [-0.3, -0.25) is 4.90 Å². The number of carboxylic acids is 4. The van der Waals surface area contributed by atoms with E-state index in [-0.39, 0.29) is 6.61 Å². The van der Waals surface area contributed by atoms with Crippen molar-refractivity contribution in [3.63, 3.8) is 0 Å². The Bertz CT molecular complexity index is 1890. The number of aliphatic carboxylic acids is 4. The third kappa shape index (κ3) is 15.1. The molecule has 284 valence electrons. The molecule has 2 aromatic carbocycles. The Morgan fingerprint density at radius 2 is 1.50 bits per heavy atom. The number of benzene rings is 2. The van der Waals surface area contributed by atoms with Crippen LogP contribution in [0.3, 0.4) is 0 Å². The fourth-order valence-electron chi connectivity index (χ4n) is 5.55. The molecule has 0 atom stereocenters. The van der Waals surface area contributed by atoms with Gasteiger partial charge in [0.2, 0.25) is 0 Å². The molecule has 0 unspecified atom stereocenters. The Morgan fingerprint density at radius 1 is 0.889 bits per heavy atom. The van der Waals surface area contributed by atoms with E-state index in [1.165, 1.54) is 18.4 Å². The molecular weight excluding hydrogens is 698 g/mol. The summed E-state index contributed by atoms with van der Waals surface area (Å²) in [5.41, 5.74) is 5.30. The Kier molecular flexibility index (Phi) is 17.0. The predicted molar refractivity (Wildman–Crippen MR) is 196 cm³/mol. The number of fused-ring (bicyclic) bond motifs is 1. The normalized spacial score (nSPS) is 13.1. The summed E-state index contributed by atoms with van der Waals surface area (Å²) < 4.78 is 12.1. The molecule has 4 aromatic rings. The van der Waals surface area contributed by atoms with Crippen LogP contribution in [0.4, 0.5) is 0 Å². The van der Waals surface area contributed by atoms with Crippen LogP contribution >= 0.6 is 0 Å². The molecule has 5 rings (SSSR count). The highest BCUT2D eigenvalue weighted by Crippen LogP contribution is 2.33. The molecule has 1 aliphatic rings. The summed E-state index contributed by atoms with van der Waals surface area (Å²) in [6.07, 6.45) is 6.74. The first-order valence-corrected chi connectivity index (χ1v) is 16.9. The van der Waals surface area contributed by atoms with Gasteiger partial charge in [-0.05, 0) is 88.6 Å². The second-order valence-corrected chi connectivity index (χ2v) is 12.5. The van der Waals surface area contributed by atoms with E-state index in [1.54, 1.807) is 6.07 Å². The average Bonchev–Trinajstić information content (AvgIpc) is 3.57. The molecule has 2 aromatic heterocycles. The quantitative estimate of drug-likeness (QED) is 0.125. The SMILES string of the molecule is CN(C)Cc1c(OCc2cccc(C#N)n2)ccc2c(CCC3CCN(Cc4ccccc4)CC3)noc12.O=C(O)C=CC(=O)O.O=C(O)C=CC(=O)O. The lowest BCUT2D eigenvalue weighted by molar-refractivity contribution is -0.134. The van der Waals surface area contributed by atoms with E-state index in [4.69, 9.17) is 34.9 Å². The molecule has 54 heavy (non-hydrogen) atoms. The van der Waals surface area contributed by atoms with Crippen LogP contribution in [0.1, 0.15) is 47.5 Å². The van der Waals surface area contributed by atoms with E-state index in [9.17, 15) is 19.2 Å². The van der Waals surface area contributed by atoms with Crippen LogP contribution in [0.25, 0.3) is 11.0 Å². The average molecular weight is 742 g/mol. The zero-order valence-electron chi connectivity index (χ0n) is 30.0. The number of ether oxygens (including phenoxy) is 1. The highest BCUT2D eigenvalue weighted by atomic mass is 16.5.